The number of pyridine rings is 1. The second kappa shape index (κ2) is 9.36. The van der Waals surface area contributed by atoms with E-state index in [0.717, 1.165) is 33.1 Å². The number of anilines is 1. The molecule has 0 saturated carbocycles. The summed E-state index contributed by atoms with van der Waals surface area (Å²) in [7, 11) is 0. The van der Waals surface area contributed by atoms with Crippen molar-refractivity contribution in [3.63, 3.8) is 0 Å². The molecule has 5 aromatic rings. The molecule has 0 aliphatic rings. The number of hydrogen-bond acceptors (Lipinski definition) is 6. The van der Waals surface area contributed by atoms with Gasteiger partial charge in [0, 0.05) is 11.6 Å². The Balaban J connectivity index is 1.51. The van der Waals surface area contributed by atoms with Gasteiger partial charge in [-0.25, -0.2) is 14.4 Å². The number of fused-ring (bicyclic) bond motifs is 3. The Morgan fingerprint density at radius 2 is 1.91 bits per heavy atom. The van der Waals surface area contributed by atoms with E-state index in [4.69, 9.17) is 4.98 Å². The molecule has 0 spiro atoms. The topological polar surface area (TPSA) is 76.9 Å². The van der Waals surface area contributed by atoms with Crippen molar-refractivity contribution >= 4 is 55.1 Å². The van der Waals surface area contributed by atoms with Gasteiger partial charge in [0.15, 0.2) is 5.16 Å². The van der Waals surface area contributed by atoms with Crippen LogP contribution in [0.25, 0.3) is 20.4 Å². The summed E-state index contributed by atoms with van der Waals surface area (Å²) in [5.74, 6) is -0.919. The van der Waals surface area contributed by atoms with E-state index in [1.807, 2.05) is 43.3 Å². The van der Waals surface area contributed by atoms with Gasteiger partial charge in [-0.2, -0.15) is 0 Å². The summed E-state index contributed by atoms with van der Waals surface area (Å²) in [5.41, 5.74) is 2.59. The van der Waals surface area contributed by atoms with Crippen LogP contribution in [0.4, 0.5) is 10.1 Å². The Labute approximate surface area is 202 Å². The van der Waals surface area contributed by atoms with Gasteiger partial charge in [-0.3, -0.25) is 14.2 Å². The molecule has 6 nitrogen and oxygen atoms in total. The molecule has 3 aromatic heterocycles. The number of halogens is 1. The average Bonchev–Trinajstić information content (AvgIpc) is 3.21. The van der Waals surface area contributed by atoms with Gasteiger partial charge in [0.2, 0.25) is 5.91 Å². The molecule has 0 unspecified atom stereocenters. The monoisotopic (exact) mass is 490 g/mol. The molecule has 170 valence electrons. The second-order valence-electron chi connectivity index (χ2n) is 7.72. The van der Waals surface area contributed by atoms with Crippen LogP contribution in [0, 0.1) is 12.7 Å². The molecule has 0 fully saturated rings. The highest BCUT2D eigenvalue weighted by Crippen LogP contribution is 2.30. The molecule has 2 aromatic carbocycles. The van der Waals surface area contributed by atoms with Crippen LogP contribution in [0.5, 0.6) is 0 Å². The smallest absolute Gasteiger partial charge is 0.272 e. The van der Waals surface area contributed by atoms with Gasteiger partial charge in [0.05, 0.1) is 23.5 Å². The molecule has 0 bridgehead atoms. The van der Waals surface area contributed by atoms with Crippen molar-refractivity contribution in [3.05, 3.63) is 94.2 Å². The summed E-state index contributed by atoms with van der Waals surface area (Å²) < 4.78 is 16.0. The summed E-state index contributed by atoms with van der Waals surface area (Å²) >= 11 is 2.46. The minimum Gasteiger partial charge on any atom is -0.323 e. The number of aryl methyl sites for hydroxylation is 1. The summed E-state index contributed by atoms with van der Waals surface area (Å²) in [6.07, 6.45) is 1.69. The van der Waals surface area contributed by atoms with E-state index in [1.165, 1.54) is 23.5 Å². The van der Waals surface area contributed by atoms with Crippen molar-refractivity contribution in [1.29, 1.82) is 0 Å². The van der Waals surface area contributed by atoms with Crippen LogP contribution < -0.4 is 10.9 Å². The molecule has 0 atom stereocenters. The molecular formula is C25H19FN4O2S2. The molecule has 0 aliphatic heterocycles. The Hall–Kier alpha value is -3.56. The van der Waals surface area contributed by atoms with Gasteiger partial charge in [0.1, 0.15) is 15.3 Å². The third kappa shape index (κ3) is 4.44. The standard InChI is InChI=1S/C25H19FN4O2S2/c1-15-8-10-16(11-9-15)13-30-24(32)22-21(17-5-4-12-27-23(17)34-22)29-25(30)33-14-20(31)28-19-7-3-2-6-18(19)26/h2-12H,13-14H2,1H3,(H,28,31). The maximum absolute atomic E-state index is 13.9. The van der Waals surface area contributed by atoms with Crippen LogP contribution in [0.3, 0.4) is 0 Å². The first-order valence-electron chi connectivity index (χ1n) is 10.5. The van der Waals surface area contributed by atoms with E-state index in [-0.39, 0.29) is 22.9 Å². The number of rotatable bonds is 6. The number of carbonyl (C=O) groups is 1. The Kier molecular flexibility index (Phi) is 6.12. The van der Waals surface area contributed by atoms with Crippen molar-refractivity contribution in [1.82, 2.24) is 14.5 Å². The van der Waals surface area contributed by atoms with E-state index >= 15 is 0 Å². The number of para-hydroxylation sites is 1. The Morgan fingerprint density at radius 1 is 1.12 bits per heavy atom. The summed E-state index contributed by atoms with van der Waals surface area (Å²) in [4.78, 5) is 35.9. The van der Waals surface area contributed by atoms with E-state index in [2.05, 4.69) is 10.3 Å². The quantitative estimate of drug-likeness (QED) is 0.260. The lowest BCUT2D eigenvalue weighted by Crippen LogP contribution is -2.24. The normalized spacial score (nSPS) is 11.2. The van der Waals surface area contributed by atoms with Crippen LogP contribution in [-0.2, 0) is 11.3 Å². The fourth-order valence-electron chi connectivity index (χ4n) is 3.55. The summed E-state index contributed by atoms with van der Waals surface area (Å²) in [5, 5.41) is 3.80. The number of hydrogen-bond donors (Lipinski definition) is 1. The van der Waals surface area contributed by atoms with E-state index < -0.39 is 5.82 Å². The van der Waals surface area contributed by atoms with Gasteiger partial charge in [-0.15, -0.1) is 11.3 Å². The SMILES string of the molecule is Cc1ccc(Cn2c(SCC(=O)Nc3ccccc3F)nc3c(sc4ncccc43)c2=O)cc1. The van der Waals surface area contributed by atoms with Crippen molar-refractivity contribution in [2.24, 2.45) is 0 Å². The molecule has 9 heteroatoms. The van der Waals surface area contributed by atoms with Gasteiger partial charge in [0.25, 0.3) is 5.56 Å². The van der Waals surface area contributed by atoms with Crippen LogP contribution in [-0.4, -0.2) is 26.2 Å². The van der Waals surface area contributed by atoms with Gasteiger partial charge >= 0.3 is 0 Å². The number of carbonyl (C=O) groups excluding carboxylic acids is 1. The average molecular weight is 491 g/mol. The second-order valence-corrected chi connectivity index (χ2v) is 9.67. The van der Waals surface area contributed by atoms with Crippen molar-refractivity contribution in [2.45, 2.75) is 18.6 Å². The van der Waals surface area contributed by atoms with Crippen LogP contribution >= 0.6 is 23.1 Å². The molecule has 0 radical (unpaired) electrons. The molecule has 1 N–H and O–H groups in total. The number of benzene rings is 2. The number of nitrogens with zero attached hydrogens (tertiary/aromatic N) is 3. The summed E-state index contributed by atoms with van der Waals surface area (Å²) in [6.45, 7) is 2.32. The molecule has 1 amide bonds. The Bertz CT molecular complexity index is 1580. The fourth-order valence-corrected chi connectivity index (χ4v) is 5.37. The third-order valence-corrected chi connectivity index (χ3v) is 7.33. The van der Waals surface area contributed by atoms with Crippen LogP contribution in [0.15, 0.2) is 76.8 Å². The fraction of sp³-hybridized carbons (Fsp3) is 0.120. The maximum Gasteiger partial charge on any atom is 0.272 e. The maximum atomic E-state index is 13.9. The first-order chi connectivity index (χ1) is 16.5. The number of amides is 1. The van der Waals surface area contributed by atoms with Gasteiger partial charge < -0.3 is 5.32 Å². The predicted octanol–water partition coefficient (Wildman–Crippen LogP) is 5.23. The first kappa shape index (κ1) is 22.2. The van der Waals surface area contributed by atoms with Gasteiger partial charge in [-0.1, -0.05) is 53.7 Å². The Morgan fingerprint density at radius 3 is 2.71 bits per heavy atom. The molecule has 0 saturated heterocycles. The lowest BCUT2D eigenvalue weighted by atomic mass is 10.1. The van der Waals surface area contributed by atoms with Crippen molar-refractivity contribution < 1.29 is 9.18 Å². The largest absolute Gasteiger partial charge is 0.323 e. The zero-order valence-corrected chi connectivity index (χ0v) is 19.8. The molecule has 34 heavy (non-hydrogen) atoms. The van der Waals surface area contributed by atoms with Crippen molar-refractivity contribution in [2.75, 3.05) is 11.1 Å². The van der Waals surface area contributed by atoms with Gasteiger partial charge in [-0.05, 0) is 36.8 Å². The van der Waals surface area contributed by atoms with E-state index in [9.17, 15) is 14.0 Å². The highest BCUT2D eigenvalue weighted by molar-refractivity contribution is 7.99. The number of nitrogens with one attached hydrogen (secondary N) is 1. The van der Waals surface area contributed by atoms with Crippen LogP contribution in [0.2, 0.25) is 0 Å². The predicted molar refractivity (Wildman–Crippen MR) is 135 cm³/mol. The van der Waals surface area contributed by atoms with E-state index in [0.29, 0.717) is 21.9 Å². The first-order valence-corrected chi connectivity index (χ1v) is 12.3. The third-order valence-electron chi connectivity index (χ3n) is 5.26. The lowest BCUT2D eigenvalue weighted by molar-refractivity contribution is -0.113. The summed E-state index contributed by atoms with van der Waals surface area (Å²) in [6, 6.07) is 17.6. The molecule has 0 aliphatic carbocycles. The number of thioether (sulfide) groups is 1. The number of thiophene rings is 1. The number of aromatic nitrogens is 3. The molecule has 5 rings (SSSR count). The van der Waals surface area contributed by atoms with Crippen molar-refractivity contribution in [3.8, 4) is 0 Å². The van der Waals surface area contributed by atoms with Crippen LogP contribution in [0.1, 0.15) is 11.1 Å². The molecule has 3 heterocycles. The zero-order chi connectivity index (χ0) is 23.7. The zero-order valence-electron chi connectivity index (χ0n) is 18.1. The highest BCUT2D eigenvalue weighted by Gasteiger charge is 2.18. The van der Waals surface area contributed by atoms with E-state index in [1.54, 1.807) is 22.9 Å². The minimum atomic E-state index is -0.506. The highest BCUT2D eigenvalue weighted by atomic mass is 32.2. The lowest BCUT2D eigenvalue weighted by Gasteiger charge is -2.13. The minimum absolute atomic E-state index is 0.0273. The molecular weight excluding hydrogens is 471 g/mol.